The van der Waals surface area contributed by atoms with E-state index in [0.29, 0.717) is 19.3 Å². The molecule has 0 aliphatic rings. The van der Waals surface area contributed by atoms with Gasteiger partial charge in [0.25, 0.3) is 0 Å². The minimum atomic E-state index is -0.761. The molecule has 0 N–H and O–H groups in total. The van der Waals surface area contributed by atoms with Gasteiger partial charge in [0, 0.05) is 19.3 Å². The fourth-order valence-electron chi connectivity index (χ4n) is 8.17. The largest absolute Gasteiger partial charge is 0.462 e. The van der Waals surface area contributed by atoms with Gasteiger partial charge in [-0.3, -0.25) is 14.4 Å². The molecule has 0 fully saturated rings. The summed E-state index contributed by atoms with van der Waals surface area (Å²) < 4.78 is 16.8. The van der Waals surface area contributed by atoms with Crippen LogP contribution in [0.3, 0.4) is 0 Å². The fourth-order valence-corrected chi connectivity index (χ4v) is 8.17. The number of hydrogen-bond acceptors (Lipinski definition) is 6. The first kappa shape index (κ1) is 58.4. The van der Waals surface area contributed by atoms with Crippen molar-refractivity contribution >= 4 is 17.9 Å². The van der Waals surface area contributed by atoms with Crippen LogP contribution in [0.1, 0.15) is 298 Å². The van der Waals surface area contributed by atoms with Crippen LogP contribution >= 0.6 is 0 Å². The van der Waals surface area contributed by atoms with Crippen LogP contribution in [0.15, 0.2) is 0 Å². The standard InChI is InChI=1S/C54H104O6/c1-6-7-8-9-10-11-12-20-24-31-36-41-46-54(57)60-51(48-59-53(56)45-40-35-30-26-25-28-33-38-43-50(4)5)47-58-52(55)44-39-34-29-23-21-18-16-14-13-15-17-19-22-27-32-37-42-49(2)3/h49-51H,6-48H2,1-5H3/t51-/m1/s1. The van der Waals surface area contributed by atoms with E-state index in [4.69, 9.17) is 14.2 Å². The molecule has 0 unspecified atom stereocenters. The van der Waals surface area contributed by atoms with Crippen LogP contribution in [0.4, 0.5) is 0 Å². The van der Waals surface area contributed by atoms with Gasteiger partial charge in [-0.2, -0.15) is 0 Å². The first-order chi connectivity index (χ1) is 29.2. The lowest BCUT2D eigenvalue weighted by molar-refractivity contribution is -0.167. The van der Waals surface area contributed by atoms with Crippen molar-refractivity contribution in [3.63, 3.8) is 0 Å². The summed E-state index contributed by atoms with van der Waals surface area (Å²) in [6.07, 6.45) is 48.1. The van der Waals surface area contributed by atoms with Crippen molar-refractivity contribution in [3.8, 4) is 0 Å². The average molecular weight is 849 g/mol. The molecule has 0 aliphatic carbocycles. The molecule has 0 rings (SSSR count). The summed E-state index contributed by atoms with van der Waals surface area (Å²) in [5, 5.41) is 0. The molecule has 0 bridgehead atoms. The summed E-state index contributed by atoms with van der Waals surface area (Å²) in [4.78, 5) is 37.9. The second kappa shape index (κ2) is 46.9. The summed E-state index contributed by atoms with van der Waals surface area (Å²) in [6, 6.07) is 0. The van der Waals surface area contributed by atoms with Crippen molar-refractivity contribution in [2.24, 2.45) is 11.8 Å². The number of unbranched alkanes of at least 4 members (excludes halogenated alkanes) is 33. The van der Waals surface area contributed by atoms with E-state index in [0.717, 1.165) is 69.6 Å². The quantitative estimate of drug-likeness (QED) is 0.0345. The van der Waals surface area contributed by atoms with Crippen LogP contribution in [0, 0.1) is 11.8 Å². The highest BCUT2D eigenvalue weighted by Gasteiger charge is 2.19. The molecule has 356 valence electrons. The van der Waals surface area contributed by atoms with E-state index < -0.39 is 6.10 Å². The lowest BCUT2D eigenvalue weighted by atomic mass is 10.0. The number of hydrogen-bond donors (Lipinski definition) is 0. The lowest BCUT2D eigenvalue weighted by Gasteiger charge is -2.18. The summed E-state index contributed by atoms with van der Waals surface area (Å²) in [7, 11) is 0. The molecule has 0 aliphatic heterocycles. The van der Waals surface area contributed by atoms with Crippen molar-refractivity contribution in [2.45, 2.75) is 304 Å². The van der Waals surface area contributed by atoms with E-state index >= 15 is 0 Å². The summed E-state index contributed by atoms with van der Waals surface area (Å²) in [5.74, 6) is 0.802. The van der Waals surface area contributed by atoms with Crippen LogP contribution in [0.2, 0.25) is 0 Å². The predicted molar refractivity (Wildman–Crippen MR) is 256 cm³/mol. The second-order valence-corrected chi connectivity index (χ2v) is 19.5. The maximum atomic E-state index is 12.8. The molecule has 60 heavy (non-hydrogen) atoms. The minimum Gasteiger partial charge on any atom is -0.462 e. The Morgan fingerprint density at radius 1 is 0.317 bits per heavy atom. The van der Waals surface area contributed by atoms with Gasteiger partial charge in [0.1, 0.15) is 13.2 Å². The average Bonchev–Trinajstić information content (AvgIpc) is 3.22. The van der Waals surface area contributed by atoms with Crippen molar-refractivity contribution in [1.82, 2.24) is 0 Å². The third-order valence-electron chi connectivity index (χ3n) is 12.2. The highest BCUT2D eigenvalue weighted by molar-refractivity contribution is 5.71. The first-order valence-electron chi connectivity index (χ1n) is 26.7. The zero-order chi connectivity index (χ0) is 44.0. The number of ether oxygens (including phenoxy) is 3. The van der Waals surface area contributed by atoms with Gasteiger partial charge in [-0.25, -0.2) is 0 Å². The van der Waals surface area contributed by atoms with E-state index in [1.54, 1.807) is 0 Å². The number of rotatable bonds is 48. The number of esters is 3. The van der Waals surface area contributed by atoms with Gasteiger partial charge in [-0.1, -0.05) is 259 Å². The van der Waals surface area contributed by atoms with E-state index in [2.05, 4.69) is 34.6 Å². The van der Waals surface area contributed by atoms with Gasteiger partial charge in [0.15, 0.2) is 6.10 Å². The number of carbonyl (C=O) groups excluding carboxylic acids is 3. The van der Waals surface area contributed by atoms with E-state index in [1.165, 1.54) is 186 Å². The Hall–Kier alpha value is -1.59. The molecule has 0 heterocycles. The molecular weight excluding hydrogens is 745 g/mol. The zero-order valence-corrected chi connectivity index (χ0v) is 41.1. The van der Waals surface area contributed by atoms with Crippen LogP contribution < -0.4 is 0 Å². The van der Waals surface area contributed by atoms with Crippen molar-refractivity contribution in [2.75, 3.05) is 13.2 Å². The maximum Gasteiger partial charge on any atom is 0.306 e. The Labute approximate surface area is 374 Å². The molecule has 0 saturated carbocycles. The van der Waals surface area contributed by atoms with E-state index in [1.807, 2.05) is 0 Å². The molecule has 0 spiro atoms. The smallest absolute Gasteiger partial charge is 0.306 e. The molecule has 0 radical (unpaired) electrons. The topological polar surface area (TPSA) is 78.9 Å². The molecule has 1 atom stereocenters. The van der Waals surface area contributed by atoms with Gasteiger partial charge in [0.2, 0.25) is 0 Å². The monoisotopic (exact) mass is 849 g/mol. The fraction of sp³-hybridized carbons (Fsp3) is 0.944. The van der Waals surface area contributed by atoms with Crippen LogP contribution in [0.25, 0.3) is 0 Å². The Balaban J connectivity index is 4.24. The van der Waals surface area contributed by atoms with Crippen LogP contribution in [-0.2, 0) is 28.6 Å². The van der Waals surface area contributed by atoms with Gasteiger partial charge in [0.05, 0.1) is 0 Å². The van der Waals surface area contributed by atoms with Crippen LogP contribution in [0.5, 0.6) is 0 Å². The molecule has 6 nitrogen and oxygen atoms in total. The van der Waals surface area contributed by atoms with E-state index in [-0.39, 0.29) is 31.1 Å². The van der Waals surface area contributed by atoms with Crippen molar-refractivity contribution in [1.29, 1.82) is 0 Å². The maximum absolute atomic E-state index is 12.8. The molecule has 0 aromatic rings. The van der Waals surface area contributed by atoms with Gasteiger partial charge in [-0.15, -0.1) is 0 Å². The summed E-state index contributed by atoms with van der Waals surface area (Å²) in [6.45, 7) is 11.4. The molecule has 0 amide bonds. The van der Waals surface area contributed by atoms with Gasteiger partial charge < -0.3 is 14.2 Å². The number of carbonyl (C=O) groups is 3. The van der Waals surface area contributed by atoms with Crippen molar-refractivity contribution < 1.29 is 28.6 Å². The molecule has 0 aromatic carbocycles. The second-order valence-electron chi connectivity index (χ2n) is 19.5. The van der Waals surface area contributed by atoms with E-state index in [9.17, 15) is 14.4 Å². The van der Waals surface area contributed by atoms with Gasteiger partial charge in [-0.05, 0) is 31.1 Å². The summed E-state index contributed by atoms with van der Waals surface area (Å²) >= 11 is 0. The molecular formula is C54H104O6. The van der Waals surface area contributed by atoms with Crippen molar-refractivity contribution in [3.05, 3.63) is 0 Å². The zero-order valence-electron chi connectivity index (χ0n) is 41.1. The minimum absolute atomic E-state index is 0.0636. The molecule has 0 aromatic heterocycles. The molecule has 0 saturated heterocycles. The highest BCUT2D eigenvalue weighted by atomic mass is 16.6. The Morgan fingerprint density at radius 3 is 0.817 bits per heavy atom. The third kappa shape index (κ3) is 47.5. The van der Waals surface area contributed by atoms with Crippen LogP contribution in [-0.4, -0.2) is 37.2 Å². The highest BCUT2D eigenvalue weighted by Crippen LogP contribution is 2.18. The Morgan fingerprint density at radius 2 is 0.550 bits per heavy atom. The lowest BCUT2D eigenvalue weighted by Crippen LogP contribution is -2.30. The molecule has 6 heteroatoms. The third-order valence-corrected chi connectivity index (χ3v) is 12.2. The SMILES string of the molecule is CCCCCCCCCCCCCCC(=O)O[C@H](COC(=O)CCCCCCCCCCCCCCCCCCC(C)C)COC(=O)CCCCCCCCCCC(C)C. The first-order valence-corrected chi connectivity index (χ1v) is 26.7. The van der Waals surface area contributed by atoms with Gasteiger partial charge >= 0.3 is 17.9 Å². The normalized spacial score (nSPS) is 12.1. The summed E-state index contributed by atoms with van der Waals surface area (Å²) in [5.41, 5.74) is 0. The Bertz CT molecular complexity index is 916. The Kier molecular flexibility index (Phi) is 45.7. The predicted octanol–water partition coefficient (Wildman–Crippen LogP) is 17.3.